The van der Waals surface area contributed by atoms with E-state index in [2.05, 4.69) is 56.4 Å². The smallest absolute Gasteiger partial charge is 0.104 e. The van der Waals surface area contributed by atoms with Crippen LogP contribution in [0.2, 0.25) is 0 Å². The lowest BCUT2D eigenvalue weighted by atomic mass is 10.0. The molecule has 0 spiro atoms. The second-order valence-electron chi connectivity index (χ2n) is 6.78. The lowest BCUT2D eigenvalue weighted by Crippen LogP contribution is -2.11. The van der Waals surface area contributed by atoms with Crippen LogP contribution >= 0.6 is 34.0 Å². The van der Waals surface area contributed by atoms with Crippen molar-refractivity contribution in [3.63, 3.8) is 0 Å². The monoisotopic (exact) mass is 461 g/mol. The van der Waals surface area contributed by atoms with Crippen molar-refractivity contribution in [2.45, 2.75) is 19.6 Å². The summed E-state index contributed by atoms with van der Waals surface area (Å²) in [5.41, 5.74) is 6.32. The molecule has 0 bridgehead atoms. The summed E-state index contributed by atoms with van der Waals surface area (Å²) < 4.78 is 0. The fourth-order valence-corrected chi connectivity index (χ4v) is 5.15. The number of rotatable bonds is 9. The summed E-state index contributed by atoms with van der Waals surface area (Å²) in [4.78, 5) is 0. The van der Waals surface area contributed by atoms with Crippen LogP contribution in [0.1, 0.15) is 27.8 Å². The Bertz CT molecular complexity index is 1200. The van der Waals surface area contributed by atoms with Gasteiger partial charge in [0.15, 0.2) is 0 Å². The van der Waals surface area contributed by atoms with Crippen molar-refractivity contribution in [3.8, 4) is 12.1 Å². The molecular weight excluding hydrogens is 442 g/mol. The van der Waals surface area contributed by atoms with Crippen LogP contribution < -0.4 is 16.0 Å². The van der Waals surface area contributed by atoms with Gasteiger partial charge in [0, 0.05) is 19.6 Å². The van der Waals surface area contributed by atoms with Gasteiger partial charge in [-0.15, -0.1) is 0 Å². The van der Waals surface area contributed by atoms with E-state index >= 15 is 0 Å². The molecule has 0 aliphatic carbocycles. The summed E-state index contributed by atoms with van der Waals surface area (Å²) in [6.07, 6.45) is 0. The third kappa shape index (κ3) is 5.07. The summed E-state index contributed by atoms with van der Waals surface area (Å²) in [5.74, 6) is 0. The van der Waals surface area contributed by atoms with Gasteiger partial charge in [0.25, 0.3) is 0 Å². The zero-order valence-electron chi connectivity index (χ0n) is 16.5. The first-order valence-electron chi connectivity index (χ1n) is 9.54. The Hall–Kier alpha value is -3.30. The zero-order valence-corrected chi connectivity index (χ0v) is 19.0. The van der Waals surface area contributed by atoms with Crippen LogP contribution in [0.25, 0.3) is 0 Å². The highest BCUT2D eigenvalue weighted by molar-refractivity contribution is 7.08. The first-order chi connectivity index (χ1) is 15.3. The predicted molar refractivity (Wildman–Crippen MR) is 131 cm³/mol. The Labute approximate surface area is 193 Å². The molecule has 4 aromatic rings. The maximum atomic E-state index is 10.0. The standard InChI is InChI=1S/C23H19N5S3/c24-8-19-7-21(26-10-16-1-4-29-13-16)23(28-12-18-3-6-31-15-18)20(9-25)22(19)27-11-17-2-5-30-14-17/h1-7,13-15,26-28H,10-12H2. The number of hydrogen-bond donors (Lipinski definition) is 3. The Morgan fingerprint density at radius 1 is 0.677 bits per heavy atom. The molecule has 5 nitrogen and oxygen atoms in total. The minimum atomic E-state index is 0.442. The van der Waals surface area contributed by atoms with Crippen molar-refractivity contribution in [2.75, 3.05) is 16.0 Å². The molecule has 0 saturated heterocycles. The van der Waals surface area contributed by atoms with Gasteiger partial charge in [-0.05, 0) is 73.2 Å². The molecular formula is C23H19N5S3. The third-order valence-corrected chi connectivity index (χ3v) is 6.92. The number of anilines is 3. The molecule has 31 heavy (non-hydrogen) atoms. The highest BCUT2D eigenvalue weighted by Crippen LogP contribution is 2.36. The third-order valence-electron chi connectivity index (χ3n) is 4.72. The van der Waals surface area contributed by atoms with Crippen molar-refractivity contribution in [1.29, 1.82) is 10.5 Å². The molecule has 154 valence electrons. The average molecular weight is 462 g/mol. The number of thiophene rings is 3. The van der Waals surface area contributed by atoms with Crippen molar-refractivity contribution in [3.05, 3.63) is 84.4 Å². The van der Waals surface area contributed by atoms with E-state index < -0.39 is 0 Å². The fourth-order valence-electron chi connectivity index (χ4n) is 3.15. The van der Waals surface area contributed by atoms with Gasteiger partial charge in [-0.2, -0.15) is 44.5 Å². The lowest BCUT2D eigenvalue weighted by molar-refractivity contribution is 1.12. The molecule has 0 atom stereocenters. The molecule has 0 saturated carbocycles. The van der Waals surface area contributed by atoms with Gasteiger partial charge in [0.05, 0.1) is 22.6 Å². The highest BCUT2D eigenvalue weighted by Gasteiger charge is 2.19. The fraction of sp³-hybridized carbons (Fsp3) is 0.130. The largest absolute Gasteiger partial charge is 0.379 e. The Morgan fingerprint density at radius 3 is 1.65 bits per heavy atom. The van der Waals surface area contributed by atoms with E-state index in [0.717, 1.165) is 22.4 Å². The summed E-state index contributed by atoms with van der Waals surface area (Å²) in [6, 6.07) is 12.5. The molecule has 1 aromatic carbocycles. The van der Waals surface area contributed by atoms with Crippen LogP contribution in [0, 0.1) is 22.7 Å². The highest BCUT2D eigenvalue weighted by atomic mass is 32.1. The molecule has 0 radical (unpaired) electrons. The van der Waals surface area contributed by atoms with Gasteiger partial charge in [-0.1, -0.05) is 0 Å². The van der Waals surface area contributed by atoms with Gasteiger partial charge in [-0.3, -0.25) is 0 Å². The average Bonchev–Trinajstić information content (AvgIpc) is 3.57. The summed E-state index contributed by atoms with van der Waals surface area (Å²) in [7, 11) is 0. The van der Waals surface area contributed by atoms with E-state index in [4.69, 9.17) is 0 Å². The second-order valence-corrected chi connectivity index (χ2v) is 9.12. The molecule has 3 aromatic heterocycles. The maximum absolute atomic E-state index is 10.0. The van der Waals surface area contributed by atoms with Crippen LogP contribution in [0.4, 0.5) is 17.1 Å². The maximum Gasteiger partial charge on any atom is 0.104 e. The molecule has 0 amide bonds. The van der Waals surface area contributed by atoms with Gasteiger partial charge in [0.2, 0.25) is 0 Å². The second kappa shape index (κ2) is 10.1. The van der Waals surface area contributed by atoms with Crippen LogP contribution in [-0.2, 0) is 19.6 Å². The van der Waals surface area contributed by atoms with Crippen LogP contribution in [0.15, 0.2) is 56.5 Å². The van der Waals surface area contributed by atoms with Crippen LogP contribution in [0.5, 0.6) is 0 Å². The molecule has 0 fully saturated rings. The topological polar surface area (TPSA) is 83.7 Å². The van der Waals surface area contributed by atoms with Crippen molar-refractivity contribution in [2.24, 2.45) is 0 Å². The number of nitriles is 2. The van der Waals surface area contributed by atoms with E-state index in [1.54, 1.807) is 34.0 Å². The molecule has 0 aliphatic heterocycles. The predicted octanol–water partition coefficient (Wildman–Crippen LogP) is 6.45. The van der Waals surface area contributed by atoms with Crippen molar-refractivity contribution < 1.29 is 0 Å². The van der Waals surface area contributed by atoms with Gasteiger partial charge in [-0.25, -0.2) is 0 Å². The van der Waals surface area contributed by atoms with Gasteiger partial charge >= 0.3 is 0 Å². The Kier molecular flexibility index (Phi) is 6.85. The molecule has 8 heteroatoms. The number of nitrogens with zero attached hydrogens (tertiary/aromatic N) is 2. The van der Waals surface area contributed by atoms with Crippen LogP contribution in [-0.4, -0.2) is 0 Å². The summed E-state index contributed by atoms with van der Waals surface area (Å²) >= 11 is 4.90. The molecule has 0 aliphatic rings. The zero-order chi connectivity index (χ0) is 21.5. The van der Waals surface area contributed by atoms with E-state index in [1.807, 2.05) is 28.3 Å². The number of benzene rings is 1. The number of hydrogen-bond acceptors (Lipinski definition) is 8. The van der Waals surface area contributed by atoms with E-state index in [9.17, 15) is 10.5 Å². The quantitative estimate of drug-likeness (QED) is 0.267. The molecule has 3 N–H and O–H groups in total. The Morgan fingerprint density at radius 2 is 1.19 bits per heavy atom. The van der Waals surface area contributed by atoms with Crippen molar-refractivity contribution >= 4 is 51.1 Å². The first-order valence-corrected chi connectivity index (χ1v) is 12.4. The normalized spacial score (nSPS) is 10.3. The Balaban J connectivity index is 1.69. The summed E-state index contributed by atoms with van der Waals surface area (Å²) in [5, 5.41) is 42.3. The van der Waals surface area contributed by atoms with Gasteiger partial charge < -0.3 is 16.0 Å². The van der Waals surface area contributed by atoms with E-state index in [0.29, 0.717) is 42.1 Å². The van der Waals surface area contributed by atoms with E-state index in [-0.39, 0.29) is 0 Å². The molecule has 0 unspecified atom stereocenters. The summed E-state index contributed by atoms with van der Waals surface area (Å²) in [6.45, 7) is 1.77. The van der Waals surface area contributed by atoms with E-state index in [1.165, 1.54) is 0 Å². The first kappa shape index (κ1) is 21.0. The van der Waals surface area contributed by atoms with Gasteiger partial charge in [0.1, 0.15) is 17.7 Å². The van der Waals surface area contributed by atoms with Crippen molar-refractivity contribution in [1.82, 2.24) is 0 Å². The SMILES string of the molecule is N#Cc1cc(NCc2ccsc2)c(NCc2ccsc2)c(C#N)c1NCc1ccsc1. The molecule has 4 rings (SSSR count). The minimum absolute atomic E-state index is 0.442. The van der Waals surface area contributed by atoms with Crippen LogP contribution in [0.3, 0.4) is 0 Å². The molecule has 3 heterocycles. The number of nitrogens with one attached hydrogen (secondary N) is 3. The minimum Gasteiger partial charge on any atom is -0.379 e. The lowest BCUT2D eigenvalue weighted by Gasteiger charge is -2.19.